The first-order valence-electron chi connectivity index (χ1n) is 8.96. The zero-order valence-electron chi connectivity index (χ0n) is 14.9. The highest BCUT2D eigenvalue weighted by atomic mass is 16.3. The highest BCUT2D eigenvalue weighted by molar-refractivity contribution is 5.88. The molecular weight excluding hydrogens is 354 g/mol. The molecular formula is C21H17N5O2. The number of carbonyl (C=O) groups excluding carboxylic acids is 1. The van der Waals surface area contributed by atoms with Crippen LogP contribution < -0.4 is 5.32 Å². The van der Waals surface area contributed by atoms with Crippen molar-refractivity contribution in [2.75, 3.05) is 0 Å². The number of carbonyl (C=O) groups is 1. The molecule has 138 valence electrons. The van der Waals surface area contributed by atoms with Crippen molar-refractivity contribution in [1.82, 2.24) is 24.8 Å². The lowest BCUT2D eigenvalue weighted by molar-refractivity contribution is -0.121. The number of oxazole rings is 1. The molecule has 28 heavy (non-hydrogen) atoms. The van der Waals surface area contributed by atoms with E-state index >= 15 is 0 Å². The van der Waals surface area contributed by atoms with Crippen LogP contribution in [0.1, 0.15) is 5.82 Å². The van der Waals surface area contributed by atoms with Crippen LogP contribution in [0.2, 0.25) is 0 Å². The minimum Gasteiger partial charge on any atom is -0.443 e. The van der Waals surface area contributed by atoms with Gasteiger partial charge in [0.15, 0.2) is 0 Å². The predicted molar refractivity (Wildman–Crippen MR) is 105 cm³/mol. The zero-order chi connectivity index (χ0) is 18.9. The van der Waals surface area contributed by atoms with Crippen LogP contribution >= 0.6 is 0 Å². The van der Waals surface area contributed by atoms with E-state index in [1.807, 2.05) is 59.2 Å². The lowest BCUT2D eigenvalue weighted by Crippen LogP contribution is -2.27. The van der Waals surface area contributed by atoms with Crippen LogP contribution in [0.25, 0.3) is 33.5 Å². The number of rotatable bonds is 5. The van der Waals surface area contributed by atoms with E-state index in [0.717, 1.165) is 33.5 Å². The monoisotopic (exact) mass is 371 g/mol. The molecule has 0 spiro atoms. The Balaban J connectivity index is 1.38. The van der Waals surface area contributed by atoms with Crippen LogP contribution in [0, 0.1) is 0 Å². The van der Waals surface area contributed by atoms with Gasteiger partial charge in [-0.1, -0.05) is 30.3 Å². The number of fused-ring (bicyclic) bond motifs is 2. The summed E-state index contributed by atoms with van der Waals surface area (Å²) < 4.78 is 7.37. The van der Waals surface area contributed by atoms with Gasteiger partial charge in [0.05, 0.1) is 23.8 Å². The molecule has 0 unspecified atom stereocenters. The fourth-order valence-electron chi connectivity index (χ4n) is 3.38. The third-order valence-electron chi connectivity index (χ3n) is 4.66. The Morgan fingerprint density at radius 3 is 2.86 bits per heavy atom. The number of aromatic amines is 1. The molecule has 3 aromatic heterocycles. The van der Waals surface area contributed by atoms with Crippen molar-refractivity contribution in [3.05, 3.63) is 72.9 Å². The number of aromatic nitrogens is 4. The fourth-order valence-corrected chi connectivity index (χ4v) is 3.38. The summed E-state index contributed by atoms with van der Waals surface area (Å²) in [4.78, 5) is 24.6. The van der Waals surface area contributed by atoms with Crippen LogP contribution in [0.4, 0.5) is 0 Å². The molecule has 7 heteroatoms. The molecule has 0 fully saturated rings. The molecule has 0 aliphatic carbocycles. The number of para-hydroxylation sites is 3. The molecule has 0 aliphatic heterocycles. The Labute approximate surface area is 160 Å². The molecule has 0 saturated heterocycles. The molecule has 0 radical (unpaired) electrons. The Morgan fingerprint density at radius 1 is 1.14 bits per heavy atom. The second kappa shape index (κ2) is 6.70. The number of hydrogen-bond acceptors (Lipinski definition) is 4. The first kappa shape index (κ1) is 16.3. The van der Waals surface area contributed by atoms with Crippen molar-refractivity contribution < 1.29 is 9.21 Å². The summed E-state index contributed by atoms with van der Waals surface area (Å²) in [7, 11) is 0. The van der Waals surface area contributed by atoms with Crippen LogP contribution in [-0.4, -0.2) is 25.4 Å². The number of amides is 1. The standard InChI is InChI=1S/C21H17N5O2/c27-20(23-12-19-24-15-6-2-3-7-16(15)25-19)13-26-17-8-4-1-5-14(17)11-18(26)21-22-9-10-28-21/h1-11H,12-13H2,(H,23,27)(H,24,25). The minimum atomic E-state index is -0.116. The third-order valence-corrected chi connectivity index (χ3v) is 4.66. The minimum absolute atomic E-state index is 0.116. The molecule has 7 nitrogen and oxygen atoms in total. The van der Waals surface area contributed by atoms with E-state index in [9.17, 15) is 4.79 Å². The fraction of sp³-hybridized carbons (Fsp3) is 0.0952. The second-order valence-electron chi connectivity index (χ2n) is 6.49. The van der Waals surface area contributed by atoms with Gasteiger partial charge in [0.25, 0.3) is 0 Å². The lowest BCUT2D eigenvalue weighted by atomic mass is 10.2. The molecule has 1 amide bonds. The average Bonchev–Trinajstić information content (AvgIpc) is 3.44. The Bertz CT molecular complexity index is 1230. The van der Waals surface area contributed by atoms with Gasteiger partial charge >= 0.3 is 0 Å². The van der Waals surface area contributed by atoms with Gasteiger partial charge < -0.3 is 19.3 Å². The number of H-pyrrole nitrogens is 1. The third kappa shape index (κ3) is 2.92. The first-order chi connectivity index (χ1) is 13.8. The van der Waals surface area contributed by atoms with Gasteiger partial charge in [-0.25, -0.2) is 9.97 Å². The zero-order valence-corrected chi connectivity index (χ0v) is 14.9. The molecule has 2 aromatic carbocycles. The van der Waals surface area contributed by atoms with Crippen molar-refractivity contribution in [3.8, 4) is 11.6 Å². The summed E-state index contributed by atoms with van der Waals surface area (Å²) in [6, 6.07) is 17.7. The van der Waals surface area contributed by atoms with E-state index in [-0.39, 0.29) is 12.5 Å². The predicted octanol–water partition coefficient (Wildman–Crippen LogP) is 3.49. The SMILES string of the molecule is O=C(Cn1c(-c2ncco2)cc2ccccc21)NCc1nc2ccccc2[nH]1. The van der Waals surface area contributed by atoms with Gasteiger partial charge in [0, 0.05) is 10.9 Å². The molecule has 3 heterocycles. The Morgan fingerprint density at radius 2 is 2.00 bits per heavy atom. The van der Waals surface area contributed by atoms with Crippen molar-refractivity contribution >= 4 is 27.8 Å². The van der Waals surface area contributed by atoms with E-state index in [1.165, 1.54) is 6.26 Å². The van der Waals surface area contributed by atoms with Gasteiger partial charge in [-0.3, -0.25) is 4.79 Å². The van der Waals surface area contributed by atoms with Crippen molar-refractivity contribution in [3.63, 3.8) is 0 Å². The normalized spacial score (nSPS) is 11.3. The summed E-state index contributed by atoms with van der Waals surface area (Å²) in [6.45, 7) is 0.493. The van der Waals surface area contributed by atoms with Crippen LogP contribution in [0.15, 0.2) is 71.5 Å². The van der Waals surface area contributed by atoms with Gasteiger partial charge in [-0.2, -0.15) is 0 Å². The first-order valence-corrected chi connectivity index (χ1v) is 8.96. The van der Waals surface area contributed by atoms with E-state index < -0.39 is 0 Å². The smallest absolute Gasteiger partial charge is 0.243 e. The summed E-state index contributed by atoms with van der Waals surface area (Å²) in [5, 5.41) is 3.96. The quantitative estimate of drug-likeness (QED) is 0.495. The largest absolute Gasteiger partial charge is 0.443 e. The molecule has 5 rings (SSSR count). The highest BCUT2D eigenvalue weighted by Gasteiger charge is 2.16. The number of imidazole rings is 1. The summed E-state index contributed by atoms with van der Waals surface area (Å²) >= 11 is 0. The molecule has 0 aliphatic rings. The molecule has 0 saturated carbocycles. The maximum Gasteiger partial charge on any atom is 0.243 e. The highest BCUT2D eigenvalue weighted by Crippen LogP contribution is 2.27. The van der Waals surface area contributed by atoms with Crippen LogP contribution in [0.3, 0.4) is 0 Å². The van der Waals surface area contributed by atoms with Crippen molar-refractivity contribution in [1.29, 1.82) is 0 Å². The average molecular weight is 371 g/mol. The summed E-state index contributed by atoms with van der Waals surface area (Å²) in [5.74, 6) is 1.09. The van der Waals surface area contributed by atoms with Gasteiger partial charge in [0.1, 0.15) is 24.3 Å². The van der Waals surface area contributed by atoms with Crippen molar-refractivity contribution in [2.45, 2.75) is 13.1 Å². The second-order valence-corrected chi connectivity index (χ2v) is 6.49. The number of benzene rings is 2. The Kier molecular flexibility index (Phi) is 3.90. The van der Waals surface area contributed by atoms with E-state index in [1.54, 1.807) is 6.20 Å². The van der Waals surface area contributed by atoms with Crippen molar-refractivity contribution in [2.24, 2.45) is 0 Å². The van der Waals surface area contributed by atoms with Gasteiger partial charge in [0.2, 0.25) is 11.8 Å². The maximum atomic E-state index is 12.6. The van der Waals surface area contributed by atoms with Crippen LogP contribution in [0.5, 0.6) is 0 Å². The van der Waals surface area contributed by atoms with Gasteiger partial charge in [-0.05, 0) is 24.3 Å². The van der Waals surface area contributed by atoms with Gasteiger partial charge in [-0.15, -0.1) is 0 Å². The number of nitrogens with one attached hydrogen (secondary N) is 2. The lowest BCUT2D eigenvalue weighted by Gasteiger charge is -2.09. The summed E-state index contributed by atoms with van der Waals surface area (Å²) in [6.07, 6.45) is 3.12. The summed E-state index contributed by atoms with van der Waals surface area (Å²) in [5.41, 5.74) is 3.56. The number of hydrogen-bond donors (Lipinski definition) is 2. The Hall–Kier alpha value is -3.87. The molecule has 0 bridgehead atoms. The van der Waals surface area contributed by atoms with E-state index in [2.05, 4.69) is 20.3 Å². The molecule has 2 N–H and O–H groups in total. The maximum absolute atomic E-state index is 12.6. The van der Waals surface area contributed by atoms with Crippen LogP contribution in [-0.2, 0) is 17.9 Å². The molecule has 5 aromatic rings. The van der Waals surface area contributed by atoms with E-state index in [4.69, 9.17) is 4.42 Å². The van der Waals surface area contributed by atoms with E-state index in [0.29, 0.717) is 12.4 Å². The topological polar surface area (TPSA) is 88.7 Å². The molecule has 0 atom stereocenters. The number of nitrogens with zero attached hydrogens (tertiary/aromatic N) is 3.